The zero-order chi connectivity index (χ0) is 13.1. The lowest BCUT2D eigenvalue weighted by Gasteiger charge is -2.22. The van der Waals surface area contributed by atoms with Gasteiger partial charge in [-0.2, -0.15) is 0 Å². The minimum absolute atomic E-state index is 0.190. The fourth-order valence-corrected chi connectivity index (χ4v) is 3.05. The molecule has 0 atom stereocenters. The van der Waals surface area contributed by atoms with Crippen LogP contribution >= 0.6 is 11.3 Å². The third-order valence-corrected chi connectivity index (χ3v) is 4.02. The van der Waals surface area contributed by atoms with Crippen LogP contribution in [0.5, 0.6) is 0 Å². The third kappa shape index (κ3) is 2.76. The molecule has 0 aromatic carbocycles. The van der Waals surface area contributed by atoms with Gasteiger partial charge < -0.3 is 5.32 Å². The van der Waals surface area contributed by atoms with Gasteiger partial charge in [-0.05, 0) is 24.2 Å². The van der Waals surface area contributed by atoms with Crippen molar-refractivity contribution in [1.29, 1.82) is 0 Å². The SMILES string of the molecule is O=[N+]([O-])c1cc([N+](=O)[O-])c(NC2CCCCC2)s1. The molecule has 1 aliphatic carbocycles. The first kappa shape index (κ1) is 12.7. The summed E-state index contributed by atoms with van der Waals surface area (Å²) in [6.07, 6.45) is 5.30. The first-order valence-electron chi connectivity index (χ1n) is 5.77. The van der Waals surface area contributed by atoms with Gasteiger partial charge in [0.1, 0.15) is 6.07 Å². The number of hydrogen-bond acceptors (Lipinski definition) is 6. The fourth-order valence-electron chi connectivity index (χ4n) is 2.13. The first-order chi connectivity index (χ1) is 8.58. The van der Waals surface area contributed by atoms with Gasteiger partial charge >= 0.3 is 10.7 Å². The lowest BCUT2D eigenvalue weighted by atomic mass is 9.96. The summed E-state index contributed by atoms with van der Waals surface area (Å²) in [5.41, 5.74) is -0.197. The van der Waals surface area contributed by atoms with E-state index in [-0.39, 0.29) is 16.7 Å². The maximum absolute atomic E-state index is 10.8. The van der Waals surface area contributed by atoms with Crippen molar-refractivity contribution in [3.8, 4) is 0 Å². The van der Waals surface area contributed by atoms with E-state index >= 15 is 0 Å². The van der Waals surface area contributed by atoms with E-state index in [1.54, 1.807) is 0 Å². The van der Waals surface area contributed by atoms with Gasteiger partial charge in [0.15, 0.2) is 5.00 Å². The van der Waals surface area contributed by atoms with Gasteiger partial charge in [0.25, 0.3) is 0 Å². The Hall–Kier alpha value is -1.70. The summed E-state index contributed by atoms with van der Waals surface area (Å²) in [6, 6.07) is 1.21. The topological polar surface area (TPSA) is 98.3 Å². The first-order valence-corrected chi connectivity index (χ1v) is 6.58. The molecular formula is C10H13N3O4S. The predicted molar refractivity (Wildman–Crippen MR) is 68.1 cm³/mol. The molecule has 1 aromatic heterocycles. The lowest BCUT2D eigenvalue weighted by molar-refractivity contribution is -0.389. The second-order valence-corrected chi connectivity index (χ2v) is 5.32. The van der Waals surface area contributed by atoms with Gasteiger partial charge in [-0.25, -0.2) is 0 Å². The molecule has 7 nitrogen and oxygen atoms in total. The molecular weight excluding hydrogens is 258 g/mol. The number of thiophene rings is 1. The number of rotatable bonds is 4. The van der Waals surface area contributed by atoms with Crippen LogP contribution in [0.4, 0.5) is 15.7 Å². The lowest BCUT2D eigenvalue weighted by Crippen LogP contribution is -2.21. The van der Waals surface area contributed by atoms with E-state index in [2.05, 4.69) is 5.32 Å². The standard InChI is InChI=1S/C10H13N3O4S/c14-12(15)8-6-9(13(16)17)18-10(8)11-7-4-2-1-3-5-7/h6-7,11H,1-5H2. The molecule has 1 aromatic rings. The van der Waals surface area contributed by atoms with Crippen molar-refractivity contribution in [2.24, 2.45) is 0 Å². The van der Waals surface area contributed by atoms with Crippen LogP contribution in [-0.4, -0.2) is 15.9 Å². The van der Waals surface area contributed by atoms with Crippen molar-refractivity contribution in [3.63, 3.8) is 0 Å². The average Bonchev–Trinajstić information content (AvgIpc) is 2.74. The summed E-state index contributed by atoms with van der Waals surface area (Å²) in [5.74, 6) is 0. The molecule has 8 heteroatoms. The Morgan fingerprint density at radius 3 is 2.39 bits per heavy atom. The van der Waals surface area contributed by atoms with Crippen molar-refractivity contribution >= 4 is 27.0 Å². The third-order valence-electron chi connectivity index (χ3n) is 3.02. The summed E-state index contributed by atoms with van der Waals surface area (Å²) in [7, 11) is 0. The van der Waals surface area contributed by atoms with E-state index in [1.165, 1.54) is 6.42 Å². The molecule has 0 aliphatic heterocycles. The number of hydrogen-bond donors (Lipinski definition) is 1. The van der Waals surface area contributed by atoms with Crippen LogP contribution in [0.1, 0.15) is 32.1 Å². The summed E-state index contributed by atoms with van der Waals surface area (Å²) in [4.78, 5) is 20.3. The van der Waals surface area contributed by atoms with E-state index in [9.17, 15) is 20.2 Å². The Labute approximate surface area is 107 Å². The maximum atomic E-state index is 10.8. The van der Waals surface area contributed by atoms with Crippen LogP contribution in [0.3, 0.4) is 0 Å². The molecule has 1 saturated carbocycles. The zero-order valence-electron chi connectivity index (χ0n) is 9.63. The van der Waals surface area contributed by atoms with Crippen LogP contribution in [0.15, 0.2) is 6.07 Å². The van der Waals surface area contributed by atoms with Gasteiger partial charge in [0.05, 0.1) is 9.85 Å². The quantitative estimate of drug-likeness (QED) is 0.669. The van der Waals surface area contributed by atoms with E-state index in [4.69, 9.17) is 0 Å². The van der Waals surface area contributed by atoms with Gasteiger partial charge in [0, 0.05) is 6.04 Å². The Balaban J connectivity index is 2.19. The highest BCUT2D eigenvalue weighted by molar-refractivity contribution is 7.19. The highest BCUT2D eigenvalue weighted by Crippen LogP contribution is 2.40. The smallest absolute Gasteiger partial charge is 0.333 e. The van der Waals surface area contributed by atoms with Crippen molar-refractivity contribution in [2.45, 2.75) is 38.1 Å². The van der Waals surface area contributed by atoms with Crippen LogP contribution in [-0.2, 0) is 0 Å². The molecule has 98 valence electrons. The number of anilines is 1. The normalized spacial score (nSPS) is 16.4. The summed E-state index contributed by atoms with van der Waals surface area (Å²) < 4.78 is 0. The molecule has 0 bridgehead atoms. The Morgan fingerprint density at radius 2 is 1.83 bits per heavy atom. The molecule has 18 heavy (non-hydrogen) atoms. The van der Waals surface area contributed by atoms with Gasteiger partial charge in [-0.15, -0.1) is 0 Å². The highest BCUT2D eigenvalue weighted by atomic mass is 32.1. The van der Waals surface area contributed by atoms with Crippen LogP contribution in [0.25, 0.3) is 0 Å². The molecule has 0 saturated heterocycles. The number of nitrogens with one attached hydrogen (secondary N) is 1. The minimum Gasteiger partial charge on any atom is -0.368 e. The molecule has 0 spiro atoms. The second kappa shape index (κ2) is 5.30. The van der Waals surface area contributed by atoms with Crippen molar-refractivity contribution in [2.75, 3.05) is 5.32 Å². The van der Waals surface area contributed by atoms with Gasteiger partial charge in [0.2, 0.25) is 0 Å². The minimum atomic E-state index is -0.594. The van der Waals surface area contributed by atoms with E-state index in [0.717, 1.165) is 43.1 Å². The second-order valence-electron chi connectivity index (χ2n) is 4.29. The summed E-state index contributed by atoms with van der Waals surface area (Å²) in [6.45, 7) is 0. The number of nitrogens with zero attached hydrogens (tertiary/aromatic N) is 2. The Morgan fingerprint density at radius 1 is 1.17 bits per heavy atom. The maximum Gasteiger partial charge on any atom is 0.333 e. The van der Waals surface area contributed by atoms with Crippen molar-refractivity contribution < 1.29 is 9.85 Å². The molecule has 1 heterocycles. The monoisotopic (exact) mass is 271 g/mol. The van der Waals surface area contributed by atoms with E-state index in [0.29, 0.717) is 5.00 Å². The molecule has 0 amide bonds. The molecule has 2 rings (SSSR count). The number of nitro groups is 2. The van der Waals surface area contributed by atoms with Crippen molar-refractivity contribution in [3.05, 3.63) is 26.3 Å². The molecule has 1 aliphatic rings. The van der Waals surface area contributed by atoms with Crippen LogP contribution in [0.2, 0.25) is 0 Å². The Kier molecular flexibility index (Phi) is 3.75. The predicted octanol–water partition coefficient (Wildman–Crippen LogP) is 3.31. The zero-order valence-corrected chi connectivity index (χ0v) is 10.4. The largest absolute Gasteiger partial charge is 0.368 e. The average molecular weight is 271 g/mol. The molecule has 0 unspecified atom stereocenters. The highest BCUT2D eigenvalue weighted by Gasteiger charge is 2.26. The van der Waals surface area contributed by atoms with Gasteiger partial charge in [-0.1, -0.05) is 19.3 Å². The van der Waals surface area contributed by atoms with Crippen LogP contribution in [0, 0.1) is 20.2 Å². The van der Waals surface area contributed by atoms with E-state index in [1.807, 2.05) is 0 Å². The van der Waals surface area contributed by atoms with Crippen molar-refractivity contribution in [1.82, 2.24) is 0 Å². The van der Waals surface area contributed by atoms with Gasteiger partial charge in [-0.3, -0.25) is 20.2 Å². The Bertz CT molecular complexity index is 468. The molecule has 0 radical (unpaired) electrons. The molecule has 1 N–H and O–H groups in total. The fraction of sp³-hybridized carbons (Fsp3) is 0.600. The van der Waals surface area contributed by atoms with Crippen LogP contribution < -0.4 is 5.32 Å². The summed E-state index contributed by atoms with van der Waals surface area (Å²) in [5, 5.41) is 24.7. The molecule has 1 fully saturated rings. The summed E-state index contributed by atoms with van der Waals surface area (Å²) >= 11 is 0.838. The van der Waals surface area contributed by atoms with E-state index < -0.39 is 9.85 Å².